The molecule has 1 fully saturated rings. The van der Waals surface area contributed by atoms with Crippen molar-refractivity contribution in [2.24, 2.45) is 5.92 Å². The topological polar surface area (TPSA) is 32.3 Å². The van der Waals surface area contributed by atoms with E-state index >= 15 is 0 Å². The zero-order valence-corrected chi connectivity index (χ0v) is 10.7. The minimum atomic E-state index is -0.251. The van der Waals surface area contributed by atoms with Gasteiger partial charge in [0.1, 0.15) is 5.82 Å². The van der Waals surface area contributed by atoms with Gasteiger partial charge in [-0.05, 0) is 44.1 Å². The second-order valence-corrected chi connectivity index (χ2v) is 4.95. The fourth-order valence-electron chi connectivity index (χ4n) is 2.32. The van der Waals surface area contributed by atoms with Crippen LogP contribution in [0.15, 0.2) is 24.3 Å². The minimum absolute atomic E-state index is 0.0872. The summed E-state index contributed by atoms with van der Waals surface area (Å²) in [7, 11) is 2.04. The van der Waals surface area contributed by atoms with Crippen LogP contribution in [0.2, 0.25) is 0 Å². The number of halogens is 1. The average molecular weight is 250 g/mol. The van der Waals surface area contributed by atoms with Crippen LogP contribution in [0.25, 0.3) is 0 Å². The van der Waals surface area contributed by atoms with Crippen LogP contribution in [0.5, 0.6) is 0 Å². The van der Waals surface area contributed by atoms with Gasteiger partial charge in [-0.3, -0.25) is 4.79 Å². The summed E-state index contributed by atoms with van der Waals surface area (Å²) in [5.41, 5.74) is 0.925. The third-order valence-corrected chi connectivity index (χ3v) is 3.38. The van der Waals surface area contributed by atoms with Gasteiger partial charge in [0.2, 0.25) is 5.91 Å². The Morgan fingerprint density at radius 1 is 1.44 bits per heavy atom. The smallest absolute Gasteiger partial charge is 0.224 e. The highest BCUT2D eigenvalue weighted by Gasteiger charge is 2.23. The van der Waals surface area contributed by atoms with Gasteiger partial charge in [-0.2, -0.15) is 0 Å². The minimum Gasteiger partial charge on any atom is -0.352 e. The van der Waals surface area contributed by atoms with Gasteiger partial charge in [-0.15, -0.1) is 0 Å². The Labute approximate surface area is 107 Å². The van der Waals surface area contributed by atoms with Gasteiger partial charge in [-0.25, -0.2) is 4.39 Å². The average Bonchev–Trinajstić information content (AvgIpc) is 2.38. The fraction of sp³-hybridized carbons (Fsp3) is 0.500. The molecule has 1 amide bonds. The van der Waals surface area contributed by atoms with Gasteiger partial charge in [0, 0.05) is 13.1 Å². The van der Waals surface area contributed by atoms with Gasteiger partial charge in [0.25, 0.3) is 0 Å². The maximum absolute atomic E-state index is 12.7. The predicted molar refractivity (Wildman–Crippen MR) is 68.5 cm³/mol. The summed E-state index contributed by atoms with van der Waals surface area (Å²) in [6, 6.07) is 6.22. The van der Waals surface area contributed by atoms with E-state index in [1.165, 1.54) is 12.1 Å². The molecule has 1 atom stereocenters. The molecular formula is C14H19FN2O. The summed E-state index contributed by atoms with van der Waals surface area (Å²) < 4.78 is 12.7. The van der Waals surface area contributed by atoms with Crippen molar-refractivity contribution in [2.45, 2.75) is 19.4 Å². The van der Waals surface area contributed by atoms with Crippen molar-refractivity contribution in [3.63, 3.8) is 0 Å². The molecule has 1 aliphatic heterocycles. The Kier molecular flexibility index (Phi) is 4.31. The molecule has 1 aromatic rings. The highest BCUT2D eigenvalue weighted by atomic mass is 19.1. The molecule has 2 rings (SSSR count). The molecule has 0 saturated carbocycles. The molecule has 4 heteroatoms. The largest absolute Gasteiger partial charge is 0.352 e. The van der Waals surface area contributed by atoms with Crippen LogP contribution in [0.3, 0.4) is 0 Å². The molecule has 1 saturated heterocycles. The second kappa shape index (κ2) is 5.96. The number of benzene rings is 1. The van der Waals surface area contributed by atoms with Crippen LogP contribution in [-0.4, -0.2) is 30.9 Å². The van der Waals surface area contributed by atoms with Gasteiger partial charge in [-0.1, -0.05) is 12.1 Å². The maximum Gasteiger partial charge on any atom is 0.224 e. The SMILES string of the molecule is CN1CCC[C@@H](C(=O)NCc2ccc(F)cc2)C1. The van der Waals surface area contributed by atoms with E-state index in [0.717, 1.165) is 31.5 Å². The molecule has 1 aliphatic rings. The van der Waals surface area contributed by atoms with Crippen LogP contribution in [0, 0.1) is 11.7 Å². The number of likely N-dealkylation sites (tertiary alicyclic amines) is 1. The van der Waals surface area contributed by atoms with Gasteiger partial charge in [0.05, 0.1) is 5.92 Å². The summed E-state index contributed by atoms with van der Waals surface area (Å²) in [5, 5.41) is 2.92. The summed E-state index contributed by atoms with van der Waals surface area (Å²) in [5.74, 6) is -0.0611. The highest BCUT2D eigenvalue weighted by molar-refractivity contribution is 5.78. The standard InChI is InChI=1S/C14H19FN2O/c1-17-8-2-3-12(10-17)14(18)16-9-11-4-6-13(15)7-5-11/h4-7,12H,2-3,8-10H2,1H3,(H,16,18)/t12-/m1/s1. The fourth-order valence-corrected chi connectivity index (χ4v) is 2.32. The number of amides is 1. The number of carbonyl (C=O) groups is 1. The Hall–Kier alpha value is -1.42. The third kappa shape index (κ3) is 3.53. The monoisotopic (exact) mass is 250 g/mol. The number of carbonyl (C=O) groups excluding carboxylic acids is 1. The Bertz CT molecular complexity index is 405. The molecule has 0 radical (unpaired) electrons. The van der Waals surface area contributed by atoms with E-state index in [-0.39, 0.29) is 17.6 Å². The lowest BCUT2D eigenvalue weighted by Crippen LogP contribution is -2.41. The number of rotatable bonds is 3. The summed E-state index contributed by atoms with van der Waals surface area (Å²) in [6.07, 6.45) is 2.03. The van der Waals surface area contributed by atoms with E-state index in [0.29, 0.717) is 6.54 Å². The Morgan fingerprint density at radius 3 is 2.83 bits per heavy atom. The van der Waals surface area contributed by atoms with Crippen LogP contribution >= 0.6 is 0 Å². The highest BCUT2D eigenvalue weighted by Crippen LogP contribution is 2.15. The summed E-state index contributed by atoms with van der Waals surface area (Å²) in [6.45, 7) is 2.37. The van der Waals surface area contributed by atoms with Crippen molar-refractivity contribution in [1.29, 1.82) is 0 Å². The molecule has 0 spiro atoms. The lowest BCUT2D eigenvalue weighted by molar-refractivity contribution is -0.126. The van der Waals surface area contributed by atoms with Crippen molar-refractivity contribution >= 4 is 5.91 Å². The molecule has 0 bridgehead atoms. The molecule has 98 valence electrons. The predicted octanol–water partition coefficient (Wildman–Crippen LogP) is 1.78. The first-order chi connectivity index (χ1) is 8.65. The second-order valence-electron chi connectivity index (χ2n) is 4.95. The molecule has 1 N–H and O–H groups in total. The number of hydrogen-bond acceptors (Lipinski definition) is 2. The Morgan fingerprint density at radius 2 is 2.17 bits per heavy atom. The Balaban J connectivity index is 1.82. The molecule has 1 heterocycles. The van der Waals surface area contributed by atoms with Crippen LogP contribution in [-0.2, 0) is 11.3 Å². The van der Waals surface area contributed by atoms with Gasteiger partial charge in [0.15, 0.2) is 0 Å². The normalized spacial score (nSPS) is 20.7. The van der Waals surface area contributed by atoms with E-state index in [9.17, 15) is 9.18 Å². The van der Waals surface area contributed by atoms with Gasteiger partial charge >= 0.3 is 0 Å². The van der Waals surface area contributed by atoms with E-state index in [1.54, 1.807) is 12.1 Å². The molecule has 1 aromatic carbocycles. The first kappa shape index (κ1) is 13.0. The number of piperidine rings is 1. The van der Waals surface area contributed by atoms with Crippen molar-refractivity contribution in [3.8, 4) is 0 Å². The van der Waals surface area contributed by atoms with Crippen molar-refractivity contribution in [2.75, 3.05) is 20.1 Å². The zero-order chi connectivity index (χ0) is 13.0. The summed E-state index contributed by atoms with van der Waals surface area (Å²) >= 11 is 0. The van der Waals surface area contributed by atoms with Crippen molar-refractivity contribution in [1.82, 2.24) is 10.2 Å². The molecule has 3 nitrogen and oxygen atoms in total. The summed E-state index contributed by atoms with van der Waals surface area (Å²) in [4.78, 5) is 14.2. The zero-order valence-electron chi connectivity index (χ0n) is 10.7. The lowest BCUT2D eigenvalue weighted by atomic mass is 9.97. The molecule has 18 heavy (non-hydrogen) atoms. The van der Waals surface area contributed by atoms with Gasteiger partial charge < -0.3 is 10.2 Å². The molecule has 0 aromatic heterocycles. The van der Waals surface area contributed by atoms with Crippen LogP contribution < -0.4 is 5.32 Å². The lowest BCUT2D eigenvalue weighted by Gasteiger charge is -2.28. The number of hydrogen-bond donors (Lipinski definition) is 1. The van der Waals surface area contributed by atoms with Crippen molar-refractivity contribution in [3.05, 3.63) is 35.6 Å². The van der Waals surface area contributed by atoms with E-state index in [1.807, 2.05) is 7.05 Å². The van der Waals surface area contributed by atoms with Crippen LogP contribution in [0.4, 0.5) is 4.39 Å². The third-order valence-electron chi connectivity index (χ3n) is 3.38. The first-order valence-corrected chi connectivity index (χ1v) is 6.36. The van der Waals surface area contributed by atoms with E-state index in [4.69, 9.17) is 0 Å². The first-order valence-electron chi connectivity index (χ1n) is 6.36. The maximum atomic E-state index is 12.7. The number of nitrogens with zero attached hydrogens (tertiary/aromatic N) is 1. The van der Waals surface area contributed by atoms with Crippen LogP contribution in [0.1, 0.15) is 18.4 Å². The molecule has 0 unspecified atom stereocenters. The molecular weight excluding hydrogens is 231 g/mol. The quantitative estimate of drug-likeness (QED) is 0.887. The number of nitrogens with one attached hydrogen (secondary N) is 1. The van der Waals surface area contributed by atoms with E-state index < -0.39 is 0 Å². The molecule has 0 aliphatic carbocycles. The van der Waals surface area contributed by atoms with Crippen molar-refractivity contribution < 1.29 is 9.18 Å². The van der Waals surface area contributed by atoms with E-state index in [2.05, 4.69) is 10.2 Å².